The number of hydrogen-bond donors (Lipinski definition) is 0. The van der Waals surface area contributed by atoms with Crippen LogP contribution in [0, 0.1) is 0 Å². The van der Waals surface area contributed by atoms with Gasteiger partial charge in [0.15, 0.2) is 17.5 Å². The fourth-order valence-corrected chi connectivity index (χ4v) is 6.87. The highest BCUT2D eigenvalue weighted by molar-refractivity contribution is 6.19. The van der Waals surface area contributed by atoms with Gasteiger partial charge in [0.1, 0.15) is 22.3 Å². The van der Waals surface area contributed by atoms with Crippen molar-refractivity contribution in [3.05, 3.63) is 152 Å². The third-order valence-corrected chi connectivity index (χ3v) is 9.12. The minimum atomic E-state index is 0.600. The molecule has 0 bridgehead atoms. The van der Waals surface area contributed by atoms with Crippen LogP contribution in [0.2, 0.25) is 0 Å². The van der Waals surface area contributed by atoms with Crippen molar-refractivity contribution in [2.75, 3.05) is 0 Å². The summed E-state index contributed by atoms with van der Waals surface area (Å²) in [6, 6.07) is 51.7. The van der Waals surface area contributed by atoms with Crippen molar-refractivity contribution in [2.24, 2.45) is 0 Å². The lowest BCUT2D eigenvalue weighted by Gasteiger charge is -2.11. The van der Waals surface area contributed by atoms with Gasteiger partial charge in [-0.3, -0.25) is 0 Å². The highest BCUT2D eigenvalue weighted by atomic mass is 16.3. The Labute approximate surface area is 274 Å². The van der Waals surface area contributed by atoms with Crippen LogP contribution in [0.3, 0.4) is 0 Å². The van der Waals surface area contributed by atoms with E-state index < -0.39 is 0 Å². The van der Waals surface area contributed by atoms with Gasteiger partial charge in [0.05, 0.1) is 0 Å². The van der Waals surface area contributed by atoms with Crippen molar-refractivity contribution in [1.82, 2.24) is 15.0 Å². The van der Waals surface area contributed by atoms with Gasteiger partial charge in [0.25, 0.3) is 0 Å². The van der Waals surface area contributed by atoms with Gasteiger partial charge in [-0.25, -0.2) is 15.0 Å². The van der Waals surface area contributed by atoms with Crippen molar-refractivity contribution < 1.29 is 8.83 Å². The number of nitrogens with zero attached hydrogens (tertiary/aromatic N) is 3. The molecular weight excluding hydrogens is 590 g/mol. The average Bonchev–Trinajstić information content (AvgIpc) is 3.74. The van der Waals surface area contributed by atoms with E-state index in [0.29, 0.717) is 17.5 Å². The molecule has 0 spiro atoms. The average molecular weight is 616 g/mol. The molecule has 224 valence electrons. The first kappa shape index (κ1) is 26.6. The third-order valence-electron chi connectivity index (χ3n) is 9.12. The van der Waals surface area contributed by atoms with Gasteiger partial charge in [0, 0.05) is 38.2 Å². The van der Waals surface area contributed by atoms with Gasteiger partial charge < -0.3 is 8.83 Å². The number of benzene rings is 7. The molecule has 0 radical (unpaired) electrons. The van der Waals surface area contributed by atoms with Crippen LogP contribution < -0.4 is 0 Å². The Bertz CT molecular complexity index is 2850. The molecule has 0 aliphatic carbocycles. The number of fused-ring (bicyclic) bond motifs is 8. The van der Waals surface area contributed by atoms with Gasteiger partial charge in [-0.1, -0.05) is 115 Å². The molecule has 0 aliphatic heterocycles. The maximum atomic E-state index is 6.20. The van der Waals surface area contributed by atoms with E-state index in [4.69, 9.17) is 23.8 Å². The van der Waals surface area contributed by atoms with Crippen LogP contribution in [0.5, 0.6) is 0 Å². The summed E-state index contributed by atoms with van der Waals surface area (Å²) in [4.78, 5) is 15.1. The number of para-hydroxylation sites is 2. The number of aromatic nitrogens is 3. The van der Waals surface area contributed by atoms with Crippen LogP contribution in [-0.2, 0) is 0 Å². The van der Waals surface area contributed by atoms with E-state index in [2.05, 4.69) is 78.9 Å². The van der Waals surface area contributed by atoms with Gasteiger partial charge in [-0.15, -0.1) is 0 Å². The van der Waals surface area contributed by atoms with Gasteiger partial charge in [0.2, 0.25) is 0 Å². The summed E-state index contributed by atoms with van der Waals surface area (Å²) >= 11 is 0. The lowest BCUT2D eigenvalue weighted by molar-refractivity contribution is 0.668. The molecular formula is C43H25N3O2. The van der Waals surface area contributed by atoms with Crippen molar-refractivity contribution in [2.45, 2.75) is 0 Å². The highest BCUT2D eigenvalue weighted by Crippen LogP contribution is 2.38. The lowest BCUT2D eigenvalue weighted by Crippen LogP contribution is -2.00. The van der Waals surface area contributed by atoms with Crippen LogP contribution in [0.25, 0.3) is 99.9 Å². The molecule has 5 heteroatoms. The molecule has 5 nitrogen and oxygen atoms in total. The molecule has 0 amide bonds. The van der Waals surface area contributed by atoms with Crippen LogP contribution >= 0.6 is 0 Å². The molecule has 0 unspecified atom stereocenters. The molecule has 0 saturated carbocycles. The summed E-state index contributed by atoms with van der Waals surface area (Å²) in [5.74, 6) is 1.83. The van der Waals surface area contributed by atoms with Crippen molar-refractivity contribution in [1.29, 1.82) is 0 Å². The quantitative estimate of drug-likeness (QED) is 0.197. The van der Waals surface area contributed by atoms with E-state index in [1.807, 2.05) is 72.8 Å². The van der Waals surface area contributed by atoms with E-state index in [9.17, 15) is 0 Å². The van der Waals surface area contributed by atoms with E-state index in [1.165, 1.54) is 5.39 Å². The Morgan fingerprint density at radius 2 is 0.917 bits per heavy atom. The molecule has 7 aromatic carbocycles. The topological polar surface area (TPSA) is 65.0 Å². The lowest BCUT2D eigenvalue weighted by atomic mass is 9.97. The molecule has 48 heavy (non-hydrogen) atoms. The van der Waals surface area contributed by atoms with E-state index in [-0.39, 0.29) is 0 Å². The molecule has 0 saturated heterocycles. The fraction of sp³-hybridized carbons (Fsp3) is 0. The van der Waals surface area contributed by atoms with Gasteiger partial charge in [-0.05, 0) is 58.3 Å². The predicted molar refractivity (Wildman–Crippen MR) is 194 cm³/mol. The molecule has 0 fully saturated rings. The first-order valence-electron chi connectivity index (χ1n) is 15.9. The molecule has 10 aromatic rings. The molecule has 0 aliphatic rings. The molecule has 3 aromatic heterocycles. The Morgan fingerprint density at radius 1 is 0.333 bits per heavy atom. The molecule has 3 heterocycles. The van der Waals surface area contributed by atoms with Crippen LogP contribution in [0.4, 0.5) is 0 Å². The second-order valence-corrected chi connectivity index (χ2v) is 12.0. The summed E-state index contributed by atoms with van der Waals surface area (Å²) < 4.78 is 12.3. The van der Waals surface area contributed by atoms with E-state index in [0.717, 1.165) is 77.1 Å². The molecule has 10 rings (SSSR count). The van der Waals surface area contributed by atoms with Gasteiger partial charge in [-0.2, -0.15) is 0 Å². The van der Waals surface area contributed by atoms with Crippen LogP contribution in [-0.4, -0.2) is 15.0 Å². The largest absolute Gasteiger partial charge is 0.456 e. The fourth-order valence-electron chi connectivity index (χ4n) is 6.87. The second-order valence-electron chi connectivity index (χ2n) is 12.0. The first-order valence-corrected chi connectivity index (χ1v) is 15.9. The van der Waals surface area contributed by atoms with Crippen LogP contribution in [0.15, 0.2) is 160 Å². The Hall–Kier alpha value is -6.59. The predicted octanol–water partition coefficient (Wildman–Crippen LogP) is 11.5. The summed E-state index contributed by atoms with van der Waals surface area (Å²) in [5, 5.41) is 6.64. The SMILES string of the molecule is c1ccc(-c2nc(-c3cccc(-c4ccc5c(ccc6oc7ccccc7c65)c4)c3)nc(-c3cccc4oc5ccccc5c34)n2)cc1. The molecule has 0 N–H and O–H groups in total. The first-order chi connectivity index (χ1) is 23.8. The van der Waals surface area contributed by atoms with E-state index >= 15 is 0 Å². The zero-order valence-corrected chi connectivity index (χ0v) is 25.6. The summed E-state index contributed by atoms with van der Waals surface area (Å²) in [5.41, 5.74) is 8.38. The second kappa shape index (κ2) is 10.5. The summed E-state index contributed by atoms with van der Waals surface area (Å²) in [7, 11) is 0. The summed E-state index contributed by atoms with van der Waals surface area (Å²) in [6.07, 6.45) is 0. The van der Waals surface area contributed by atoms with Crippen molar-refractivity contribution >= 4 is 54.6 Å². The maximum Gasteiger partial charge on any atom is 0.164 e. The zero-order valence-electron chi connectivity index (χ0n) is 25.6. The molecule has 0 atom stereocenters. The minimum absolute atomic E-state index is 0.600. The standard InChI is InChI=1S/C43H25N3O2/c1-2-10-26(11-3-1)41-44-42(46-43(45-41)34-16-9-19-37-40(34)33-15-5-7-18-36(33)47-37)30-13-8-12-27(25-30)28-20-22-31-29(24-28)21-23-38-39(31)32-14-4-6-17-35(32)48-38/h1-25H. The Kier molecular flexibility index (Phi) is 5.81. The third kappa shape index (κ3) is 4.22. The maximum absolute atomic E-state index is 6.20. The zero-order chi connectivity index (χ0) is 31.6. The smallest absolute Gasteiger partial charge is 0.164 e. The van der Waals surface area contributed by atoms with Crippen molar-refractivity contribution in [3.63, 3.8) is 0 Å². The monoisotopic (exact) mass is 615 g/mol. The van der Waals surface area contributed by atoms with Crippen molar-refractivity contribution in [3.8, 4) is 45.3 Å². The number of rotatable bonds is 4. The number of furan rings is 2. The highest BCUT2D eigenvalue weighted by Gasteiger charge is 2.18. The number of hydrogen-bond acceptors (Lipinski definition) is 5. The van der Waals surface area contributed by atoms with Gasteiger partial charge >= 0.3 is 0 Å². The Morgan fingerprint density at radius 3 is 1.73 bits per heavy atom. The minimum Gasteiger partial charge on any atom is -0.456 e. The summed E-state index contributed by atoms with van der Waals surface area (Å²) in [6.45, 7) is 0. The van der Waals surface area contributed by atoms with E-state index in [1.54, 1.807) is 0 Å². The van der Waals surface area contributed by atoms with Crippen LogP contribution in [0.1, 0.15) is 0 Å². The normalized spacial score (nSPS) is 11.8. The Balaban J connectivity index is 1.13.